The van der Waals surface area contributed by atoms with E-state index < -0.39 is 0 Å². The number of carbonyl (C=O) groups is 1. The lowest BCUT2D eigenvalue weighted by atomic mass is 10.2. The first kappa shape index (κ1) is 10.7. The molecular formula is C12H12INO. The van der Waals surface area contributed by atoms with Gasteiger partial charge in [0.25, 0.3) is 0 Å². The van der Waals surface area contributed by atoms with Gasteiger partial charge in [-0.25, -0.2) is 0 Å². The standard InChI is InChI=1S/C12H12INO/c1-14(9-6-7-10(15)8-9)12-5-3-2-4-11(12)13/h2-5,8H,6-7H2,1H3. The molecule has 0 unspecified atom stereocenters. The van der Waals surface area contributed by atoms with Crippen molar-refractivity contribution in [1.29, 1.82) is 0 Å². The van der Waals surface area contributed by atoms with Crippen LogP contribution in [0.2, 0.25) is 0 Å². The van der Waals surface area contributed by atoms with E-state index in [1.807, 2.05) is 19.2 Å². The number of anilines is 1. The van der Waals surface area contributed by atoms with Crippen LogP contribution in [0.4, 0.5) is 5.69 Å². The van der Waals surface area contributed by atoms with Crippen molar-refractivity contribution in [2.75, 3.05) is 11.9 Å². The molecule has 15 heavy (non-hydrogen) atoms. The highest BCUT2D eigenvalue weighted by atomic mass is 127. The summed E-state index contributed by atoms with van der Waals surface area (Å²) in [4.78, 5) is 13.3. The minimum atomic E-state index is 0.239. The Balaban J connectivity index is 2.29. The monoisotopic (exact) mass is 313 g/mol. The van der Waals surface area contributed by atoms with Crippen molar-refractivity contribution in [3.05, 3.63) is 39.6 Å². The summed E-state index contributed by atoms with van der Waals surface area (Å²) >= 11 is 2.31. The summed E-state index contributed by atoms with van der Waals surface area (Å²) in [6.07, 6.45) is 3.27. The zero-order valence-electron chi connectivity index (χ0n) is 8.53. The Hall–Kier alpha value is -0.840. The van der Waals surface area contributed by atoms with Gasteiger partial charge in [0.05, 0.1) is 5.69 Å². The van der Waals surface area contributed by atoms with Gasteiger partial charge in [0.1, 0.15) is 0 Å². The second-order valence-corrected chi connectivity index (χ2v) is 4.77. The first-order valence-electron chi connectivity index (χ1n) is 4.90. The maximum Gasteiger partial charge on any atom is 0.157 e. The van der Waals surface area contributed by atoms with Crippen LogP contribution in [-0.4, -0.2) is 12.8 Å². The Morgan fingerprint density at radius 1 is 1.27 bits per heavy atom. The molecule has 0 aromatic heterocycles. The van der Waals surface area contributed by atoms with Gasteiger partial charge < -0.3 is 4.90 Å². The smallest absolute Gasteiger partial charge is 0.157 e. The van der Waals surface area contributed by atoms with E-state index in [0.29, 0.717) is 6.42 Å². The molecule has 0 amide bonds. The van der Waals surface area contributed by atoms with Crippen LogP contribution in [0.5, 0.6) is 0 Å². The first-order chi connectivity index (χ1) is 7.18. The summed E-state index contributed by atoms with van der Waals surface area (Å²) in [7, 11) is 2.02. The molecule has 0 bridgehead atoms. The molecule has 0 radical (unpaired) electrons. The summed E-state index contributed by atoms with van der Waals surface area (Å²) in [6.45, 7) is 0. The summed E-state index contributed by atoms with van der Waals surface area (Å²) < 4.78 is 1.21. The highest BCUT2D eigenvalue weighted by molar-refractivity contribution is 14.1. The van der Waals surface area contributed by atoms with Gasteiger partial charge in [0.15, 0.2) is 5.78 Å². The van der Waals surface area contributed by atoms with E-state index in [1.165, 1.54) is 9.26 Å². The fraction of sp³-hybridized carbons (Fsp3) is 0.250. The average molecular weight is 313 g/mol. The maximum absolute atomic E-state index is 11.2. The Labute approximate surface area is 103 Å². The van der Waals surface area contributed by atoms with Crippen molar-refractivity contribution < 1.29 is 4.79 Å². The van der Waals surface area contributed by atoms with Crippen molar-refractivity contribution in [2.24, 2.45) is 0 Å². The lowest BCUT2D eigenvalue weighted by Crippen LogP contribution is -2.15. The summed E-state index contributed by atoms with van der Waals surface area (Å²) in [5, 5.41) is 0. The molecule has 3 heteroatoms. The van der Waals surface area contributed by atoms with Crippen LogP contribution in [0.3, 0.4) is 0 Å². The van der Waals surface area contributed by atoms with Gasteiger partial charge in [-0.15, -0.1) is 0 Å². The molecule has 1 aromatic rings. The predicted octanol–water partition coefficient (Wildman–Crippen LogP) is 2.97. The molecule has 0 fully saturated rings. The molecule has 78 valence electrons. The number of carbonyl (C=O) groups excluding carboxylic acids is 1. The topological polar surface area (TPSA) is 20.3 Å². The van der Waals surface area contributed by atoms with E-state index in [1.54, 1.807) is 6.08 Å². The second-order valence-electron chi connectivity index (χ2n) is 3.61. The van der Waals surface area contributed by atoms with E-state index in [2.05, 4.69) is 39.6 Å². The van der Waals surface area contributed by atoms with E-state index in [4.69, 9.17) is 0 Å². The number of rotatable bonds is 2. The molecule has 0 atom stereocenters. The second kappa shape index (κ2) is 4.35. The van der Waals surface area contributed by atoms with Gasteiger partial charge in [-0.05, 0) is 41.1 Å². The minimum absolute atomic E-state index is 0.239. The van der Waals surface area contributed by atoms with Gasteiger partial charge in [0, 0.05) is 28.8 Å². The third-order valence-corrected chi connectivity index (χ3v) is 3.51. The lowest BCUT2D eigenvalue weighted by Gasteiger charge is -2.21. The zero-order chi connectivity index (χ0) is 10.8. The Morgan fingerprint density at radius 3 is 2.60 bits per heavy atom. The number of halogens is 1. The van der Waals surface area contributed by atoms with Crippen molar-refractivity contribution in [3.8, 4) is 0 Å². The van der Waals surface area contributed by atoms with E-state index in [0.717, 1.165) is 12.1 Å². The zero-order valence-corrected chi connectivity index (χ0v) is 10.7. The Kier molecular flexibility index (Phi) is 3.09. The third kappa shape index (κ3) is 2.22. The molecule has 0 saturated carbocycles. The largest absolute Gasteiger partial charge is 0.347 e. The normalized spacial score (nSPS) is 15.3. The van der Waals surface area contributed by atoms with Crippen molar-refractivity contribution in [2.45, 2.75) is 12.8 Å². The molecule has 1 aliphatic carbocycles. The molecule has 0 N–H and O–H groups in total. The summed E-state index contributed by atoms with van der Waals surface area (Å²) in [6, 6.07) is 8.19. The average Bonchev–Trinajstić information content (AvgIpc) is 2.65. The Bertz CT molecular complexity index is 425. The molecule has 1 aliphatic rings. The van der Waals surface area contributed by atoms with Crippen LogP contribution >= 0.6 is 22.6 Å². The van der Waals surface area contributed by atoms with Gasteiger partial charge in [-0.3, -0.25) is 4.79 Å². The number of hydrogen-bond donors (Lipinski definition) is 0. The van der Waals surface area contributed by atoms with E-state index in [-0.39, 0.29) is 5.78 Å². The number of para-hydroxylation sites is 1. The minimum Gasteiger partial charge on any atom is -0.347 e. The van der Waals surface area contributed by atoms with Gasteiger partial charge in [-0.1, -0.05) is 12.1 Å². The number of allylic oxidation sites excluding steroid dienone is 2. The molecule has 2 nitrogen and oxygen atoms in total. The molecule has 2 rings (SSSR count). The maximum atomic E-state index is 11.2. The van der Waals surface area contributed by atoms with Gasteiger partial charge in [0.2, 0.25) is 0 Å². The first-order valence-corrected chi connectivity index (χ1v) is 5.98. The van der Waals surface area contributed by atoms with Crippen molar-refractivity contribution in [3.63, 3.8) is 0 Å². The molecular weight excluding hydrogens is 301 g/mol. The third-order valence-electron chi connectivity index (χ3n) is 2.60. The predicted molar refractivity (Wildman–Crippen MR) is 69.9 cm³/mol. The lowest BCUT2D eigenvalue weighted by molar-refractivity contribution is -0.114. The van der Waals surface area contributed by atoms with E-state index in [9.17, 15) is 4.79 Å². The molecule has 1 aromatic carbocycles. The van der Waals surface area contributed by atoms with Crippen LogP contribution in [0.1, 0.15) is 12.8 Å². The highest BCUT2D eigenvalue weighted by Crippen LogP contribution is 2.27. The van der Waals surface area contributed by atoms with Crippen LogP contribution in [-0.2, 0) is 4.79 Å². The summed E-state index contributed by atoms with van der Waals surface area (Å²) in [5.74, 6) is 0.239. The number of ketones is 1. The van der Waals surface area contributed by atoms with Crippen LogP contribution in [0, 0.1) is 3.57 Å². The van der Waals surface area contributed by atoms with Crippen LogP contribution < -0.4 is 4.90 Å². The van der Waals surface area contributed by atoms with Crippen LogP contribution in [0.15, 0.2) is 36.0 Å². The van der Waals surface area contributed by atoms with E-state index >= 15 is 0 Å². The SMILES string of the molecule is CN(C1=CC(=O)CC1)c1ccccc1I. The van der Waals surface area contributed by atoms with Crippen molar-refractivity contribution in [1.82, 2.24) is 0 Å². The fourth-order valence-corrected chi connectivity index (χ4v) is 2.47. The molecule has 0 spiro atoms. The fourth-order valence-electron chi connectivity index (χ4n) is 1.72. The number of hydrogen-bond acceptors (Lipinski definition) is 2. The van der Waals surface area contributed by atoms with Gasteiger partial charge in [-0.2, -0.15) is 0 Å². The molecule has 0 saturated heterocycles. The summed E-state index contributed by atoms with van der Waals surface area (Å²) in [5.41, 5.74) is 2.28. The molecule has 0 heterocycles. The number of nitrogens with zero attached hydrogens (tertiary/aromatic N) is 1. The molecule has 0 aliphatic heterocycles. The number of benzene rings is 1. The highest BCUT2D eigenvalue weighted by Gasteiger charge is 2.17. The van der Waals surface area contributed by atoms with Crippen LogP contribution in [0.25, 0.3) is 0 Å². The quantitative estimate of drug-likeness (QED) is 0.783. The van der Waals surface area contributed by atoms with Gasteiger partial charge >= 0.3 is 0 Å². The van der Waals surface area contributed by atoms with Crippen molar-refractivity contribution >= 4 is 34.1 Å². The Morgan fingerprint density at radius 2 is 2.00 bits per heavy atom.